The number of aliphatic hydroxyl groups is 1. The molecule has 3 heteroatoms. The molecule has 1 aromatic carbocycles. The van der Waals surface area contributed by atoms with Gasteiger partial charge in [-0.25, -0.2) is 0 Å². The Morgan fingerprint density at radius 3 is 2.71 bits per heavy atom. The van der Waals surface area contributed by atoms with Crippen LogP contribution < -0.4 is 5.32 Å². The van der Waals surface area contributed by atoms with E-state index in [0.717, 1.165) is 43.1 Å². The zero-order valence-corrected chi connectivity index (χ0v) is 11.6. The third-order valence-corrected chi connectivity index (χ3v) is 3.93. The molecular formula is C14H20BrNO. The topological polar surface area (TPSA) is 32.3 Å². The van der Waals surface area contributed by atoms with Crippen molar-refractivity contribution < 1.29 is 5.11 Å². The van der Waals surface area contributed by atoms with E-state index in [4.69, 9.17) is 0 Å². The van der Waals surface area contributed by atoms with Gasteiger partial charge in [0, 0.05) is 10.5 Å². The van der Waals surface area contributed by atoms with Gasteiger partial charge in [0.1, 0.15) is 0 Å². The molecule has 0 atom stereocenters. The van der Waals surface area contributed by atoms with Crippen LogP contribution in [0.5, 0.6) is 0 Å². The van der Waals surface area contributed by atoms with Crippen molar-refractivity contribution in [3.63, 3.8) is 0 Å². The fraction of sp³-hybridized carbons (Fsp3) is 0.571. The minimum absolute atomic E-state index is 0.0573. The molecule has 1 saturated carbocycles. The second-order valence-corrected chi connectivity index (χ2v) is 5.76. The standard InChI is InChI=1S/C14H20BrNO/c15-12-3-1-2-11(10-12)8-9-16-13-4-6-14(17)7-5-13/h1-3,10,13-14,16-17H,4-9H2. The van der Waals surface area contributed by atoms with Gasteiger partial charge < -0.3 is 10.4 Å². The smallest absolute Gasteiger partial charge is 0.0541 e. The molecule has 0 heterocycles. The minimum Gasteiger partial charge on any atom is -0.393 e. The Kier molecular flexibility index (Phi) is 5.01. The number of rotatable bonds is 4. The van der Waals surface area contributed by atoms with Crippen molar-refractivity contribution in [2.45, 2.75) is 44.2 Å². The van der Waals surface area contributed by atoms with Crippen molar-refractivity contribution in [1.29, 1.82) is 0 Å². The van der Waals surface area contributed by atoms with Crippen molar-refractivity contribution in [1.82, 2.24) is 5.32 Å². The normalized spacial score (nSPS) is 24.8. The van der Waals surface area contributed by atoms with Gasteiger partial charge in [-0.2, -0.15) is 0 Å². The molecule has 0 unspecified atom stereocenters. The molecule has 0 aromatic heterocycles. The van der Waals surface area contributed by atoms with Crippen molar-refractivity contribution in [2.24, 2.45) is 0 Å². The number of benzene rings is 1. The monoisotopic (exact) mass is 297 g/mol. The van der Waals surface area contributed by atoms with E-state index in [9.17, 15) is 5.11 Å². The van der Waals surface area contributed by atoms with Crippen LogP contribution in [0, 0.1) is 0 Å². The highest BCUT2D eigenvalue weighted by Gasteiger charge is 2.18. The van der Waals surface area contributed by atoms with E-state index in [-0.39, 0.29) is 6.10 Å². The van der Waals surface area contributed by atoms with Gasteiger partial charge in [0.05, 0.1) is 6.10 Å². The molecule has 17 heavy (non-hydrogen) atoms. The summed E-state index contributed by atoms with van der Waals surface area (Å²) in [6.45, 7) is 1.03. The Morgan fingerprint density at radius 1 is 1.24 bits per heavy atom. The van der Waals surface area contributed by atoms with Crippen molar-refractivity contribution in [2.75, 3.05) is 6.54 Å². The predicted molar refractivity (Wildman–Crippen MR) is 74.1 cm³/mol. The first-order chi connectivity index (χ1) is 8.24. The van der Waals surface area contributed by atoms with E-state index in [0.29, 0.717) is 6.04 Å². The highest BCUT2D eigenvalue weighted by molar-refractivity contribution is 9.10. The van der Waals surface area contributed by atoms with Crippen LogP contribution >= 0.6 is 15.9 Å². The van der Waals surface area contributed by atoms with Crippen LogP contribution in [-0.2, 0) is 6.42 Å². The predicted octanol–water partition coefficient (Wildman–Crippen LogP) is 2.88. The van der Waals surface area contributed by atoms with Gasteiger partial charge in [-0.15, -0.1) is 0 Å². The van der Waals surface area contributed by atoms with Gasteiger partial charge in [0.15, 0.2) is 0 Å². The minimum atomic E-state index is -0.0573. The lowest BCUT2D eigenvalue weighted by molar-refractivity contribution is 0.117. The first kappa shape index (κ1) is 13.1. The molecule has 2 N–H and O–H groups in total. The van der Waals surface area contributed by atoms with Gasteiger partial charge in [-0.1, -0.05) is 28.1 Å². The van der Waals surface area contributed by atoms with Gasteiger partial charge in [0.25, 0.3) is 0 Å². The molecule has 0 aliphatic heterocycles. The third-order valence-electron chi connectivity index (χ3n) is 3.43. The van der Waals surface area contributed by atoms with Crippen LogP contribution in [-0.4, -0.2) is 23.8 Å². The number of aliphatic hydroxyl groups excluding tert-OH is 1. The molecule has 0 radical (unpaired) electrons. The lowest BCUT2D eigenvalue weighted by atomic mass is 9.93. The third kappa shape index (κ3) is 4.41. The molecule has 0 spiro atoms. The highest BCUT2D eigenvalue weighted by atomic mass is 79.9. The maximum Gasteiger partial charge on any atom is 0.0541 e. The Labute approximate surface area is 112 Å². The maximum atomic E-state index is 9.43. The van der Waals surface area contributed by atoms with Crippen LogP contribution in [0.2, 0.25) is 0 Å². The number of hydrogen-bond donors (Lipinski definition) is 2. The SMILES string of the molecule is OC1CCC(NCCc2cccc(Br)c2)CC1. The molecule has 2 nitrogen and oxygen atoms in total. The van der Waals surface area contributed by atoms with Crippen LogP contribution in [0.4, 0.5) is 0 Å². The molecule has 1 fully saturated rings. The molecule has 0 bridgehead atoms. The largest absolute Gasteiger partial charge is 0.393 e. The van der Waals surface area contributed by atoms with Gasteiger partial charge in [0.2, 0.25) is 0 Å². The molecule has 1 aliphatic rings. The summed E-state index contributed by atoms with van der Waals surface area (Å²) in [5, 5.41) is 13.0. The molecule has 1 aromatic rings. The van der Waals surface area contributed by atoms with E-state index in [1.807, 2.05) is 0 Å². The Balaban J connectivity index is 1.69. The summed E-state index contributed by atoms with van der Waals surface area (Å²) in [5.41, 5.74) is 1.36. The second kappa shape index (κ2) is 6.53. The fourth-order valence-corrected chi connectivity index (χ4v) is 2.84. The van der Waals surface area contributed by atoms with Crippen LogP contribution in [0.1, 0.15) is 31.2 Å². The quantitative estimate of drug-likeness (QED) is 0.896. The van der Waals surface area contributed by atoms with Crippen LogP contribution in [0.25, 0.3) is 0 Å². The van der Waals surface area contributed by atoms with Crippen LogP contribution in [0.3, 0.4) is 0 Å². The number of halogens is 1. The van der Waals surface area contributed by atoms with Crippen molar-refractivity contribution in [3.05, 3.63) is 34.3 Å². The summed E-state index contributed by atoms with van der Waals surface area (Å²) in [6, 6.07) is 9.07. The van der Waals surface area contributed by atoms with E-state index in [2.05, 4.69) is 45.5 Å². The molecule has 0 saturated heterocycles. The fourth-order valence-electron chi connectivity index (χ4n) is 2.39. The summed E-state index contributed by atoms with van der Waals surface area (Å²) in [7, 11) is 0. The molecule has 2 rings (SSSR count). The first-order valence-corrected chi connectivity index (χ1v) is 7.19. The average molecular weight is 298 g/mol. The summed E-state index contributed by atoms with van der Waals surface area (Å²) in [4.78, 5) is 0. The van der Waals surface area contributed by atoms with E-state index < -0.39 is 0 Å². The molecular weight excluding hydrogens is 278 g/mol. The van der Waals surface area contributed by atoms with Crippen molar-refractivity contribution >= 4 is 15.9 Å². The number of nitrogens with one attached hydrogen (secondary N) is 1. The Bertz CT molecular complexity index is 348. The zero-order chi connectivity index (χ0) is 12.1. The summed E-state index contributed by atoms with van der Waals surface area (Å²) in [5.74, 6) is 0. The maximum absolute atomic E-state index is 9.43. The van der Waals surface area contributed by atoms with Gasteiger partial charge in [-0.3, -0.25) is 0 Å². The van der Waals surface area contributed by atoms with E-state index in [1.54, 1.807) is 0 Å². The zero-order valence-electron chi connectivity index (χ0n) is 10.0. The molecule has 0 amide bonds. The Hall–Kier alpha value is -0.380. The lowest BCUT2D eigenvalue weighted by Crippen LogP contribution is -2.35. The van der Waals surface area contributed by atoms with E-state index >= 15 is 0 Å². The van der Waals surface area contributed by atoms with Gasteiger partial charge >= 0.3 is 0 Å². The molecule has 1 aliphatic carbocycles. The summed E-state index contributed by atoms with van der Waals surface area (Å²) in [6.07, 6.45) is 5.14. The summed E-state index contributed by atoms with van der Waals surface area (Å²) < 4.78 is 1.15. The lowest BCUT2D eigenvalue weighted by Gasteiger charge is -2.26. The van der Waals surface area contributed by atoms with E-state index in [1.165, 1.54) is 5.56 Å². The Morgan fingerprint density at radius 2 is 2.00 bits per heavy atom. The molecule has 94 valence electrons. The van der Waals surface area contributed by atoms with Gasteiger partial charge in [-0.05, 0) is 56.3 Å². The van der Waals surface area contributed by atoms with Crippen molar-refractivity contribution in [3.8, 4) is 0 Å². The van der Waals surface area contributed by atoms with Crippen LogP contribution in [0.15, 0.2) is 28.7 Å². The number of hydrogen-bond acceptors (Lipinski definition) is 2. The summed E-state index contributed by atoms with van der Waals surface area (Å²) >= 11 is 3.49. The highest BCUT2D eigenvalue weighted by Crippen LogP contribution is 2.18. The first-order valence-electron chi connectivity index (χ1n) is 6.40. The second-order valence-electron chi connectivity index (χ2n) is 4.84. The average Bonchev–Trinajstić information content (AvgIpc) is 2.32.